The van der Waals surface area contributed by atoms with E-state index < -0.39 is 0 Å². The van der Waals surface area contributed by atoms with Gasteiger partial charge < -0.3 is 9.88 Å². The largest absolute Gasteiger partial charge is 0.368 e. The van der Waals surface area contributed by atoms with Gasteiger partial charge >= 0.3 is 0 Å². The highest BCUT2D eigenvalue weighted by Crippen LogP contribution is 2.52. The normalized spacial score (nSPS) is 14.7. The molecular weight excluding hydrogens is 537 g/mol. The molecule has 41 heavy (non-hydrogen) atoms. The number of benzene rings is 6. The minimum Gasteiger partial charge on any atom is -0.368 e. The summed E-state index contributed by atoms with van der Waals surface area (Å²) in [5.41, 5.74) is 8.68. The molecule has 9 rings (SSSR count). The summed E-state index contributed by atoms with van der Waals surface area (Å²) >= 11 is 3.79. The monoisotopic (exact) mass is 560 g/mol. The summed E-state index contributed by atoms with van der Waals surface area (Å²) in [6.45, 7) is 0. The highest BCUT2D eigenvalue weighted by Gasteiger charge is 2.26. The van der Waals surface area contributed by atoms with Crippen molar-refractivity contribution in [1.29, 1.82) is 0 Å². The Morgan fingerprint density at radius 1 is 0.561 bits per heavy atom. The van der Waals surface area contributed by atoms with E-state index in [1.807, 2.05) is 23.1 Å². The van der Waals surface area contributed by atoms with Crippen LogP contribution in [-0.2, 0) is 0 Å². The molecule has 2 nitrogen and oxygen atoms in total. The third-order valence-electron chi connectivity index (χ3n) is 8.26. The number of para-hydroxylation sites is 1. The molecule has 1 aliphatic rings. The van der Waals surface area contributed by atoms with E-state index in [4.69, 9.17) is 0 Å². The van der Waals surface area contributed by atoms with Gasteiger partial charge in [-0.1, -0.05) is 96.7 Å². The molecular formula is C37H24N2S2. The van der Waals surface area contributed by atoms with Crippen LogP contribution in [0, 0.1) is 0 Å². The van der Waals surface area contributed by atoms with Crippen molar-refractivity contribution in [1.82, 2.24) is 4.57 Å². The number of hydrogen-bond acceptors (Lipinski definition) is 3. The van der Waals surface area contributed by atoms with E-state index in [0.29, 0.717) is 0 Å². The Morgan fingerprint density at radius 2 is 1.32 bits per heavy atom. The Balaban J connectivity index is 1.11. The molecule has 0 saturated carbocycles. The first-order chi connectivity index (χ1) is 20.3. The molecule has 0 amide bonds. The first kappa shape index (κ1) is 23.2. The Kier molecular flexibility index (Phi) is 5.10. The zero-order valence-corrected chi connectivity index (χ0v) is 23.7. The molecule has 2 aromatic heterocycles. The van der Waals surface area contributed by atoms with Crippen LogP contribution in [0.2, 0.25) is 0 Å². The first-order valence-electron chi connectivity index (χ1n) is 13.9. The average molecular weight is 561 g/mol. The summed E-state index contributed by atoms with van der Waals surface area (Å²) in [4.78, 5) is 1.33. The second-order valence-electron chi connectivity index (χ2n) is 10.6. The fourth-order valence-electron chi connectivity index (χ4n) is 6.34. The summed E-state index contributed by atoms with van der Waals surface area (Å²) in [5, 5.41) is 9.32. The van der Waals surface area contributed by atoms with Gasteiger partial charge in [0.2, 0.25) is 0 Å². The van der Waals surface area contributed by atoms with Crippen molar-refractivity contribution in [3.05, 3.63) is 139 Å². The van der Waals surface area contributed by atoms with Crippen molar-refractivity contribution in [3.8, 4) is 16.8 Å². The van der Waals surface area contributed by atoms with Crippen LogP contribution in [0.1, 0.15) is 10.9 Å². The fourth-order valence-corrected chi connectivity index (χ4v) is 8.60. The number of fused-ring (bicyclic) bond motifs is 8. The molecule has 0 aliphatic carbocycles. The van der Waals surface area contributed by atoms with Gasteiger partial charge in [-0.25, -0.2) is 0 Å². The van der Waals surface area contributed by atoms with Gasteiger partial charge in [-0.3, -0.25) is 0 Å². The van der Waals surface area contributed by atoms with E-state index in [9.17, 15) is 0 Å². The highest BCUT2D eigenvalue weighted by atomic mass is 32.2. The summed E-state index contributed by atoms with van der Waals surface area (Å²) in [6.07, 6.45) is 0. The lowest BCUT2D eigenvalue weighted by molar-refractivity contribution is 1.12. The minimum atomic E-state index is 0.190. The molecule has 1 aliphatic heterocycles. The molecule has 194 valence electrons. The van der Waals surface area contributed by atoms with Crippen LogP contribution in [0.3, 0.4) is 0 Å². The third kappa shape index (κ3) is 3.58. The van der Waals surface area contributed by atoms with Crippen molar-refractivity contribution >= 4 is 70.8 Å². The van der Waals surface area contributed by atoms with Crippen LogP contribution < -0.4 is 5.32 Å². The number of thiophene rings is 1. The van der Waals surface area contributed by atoms with Gasteiger partial charge in [0.25, 0.3) is 0 Å². The van der Waals surface area contributed by atoms with E-state index in [1.54, 1.807) is 0 Å². The summed E-state index contributed by atoms with van der Waals surface area (Å²) in [7, 11) is 0. The van der Waals surface area contributed by atoms with Crippen LogP contribution in [-0.4, -0.2) is 4.57 Å². The van der Waals surface area contributed by atoms with Gasteiger partial charge in [0.1, 0.15) is 5.37 Å². The summed E-state index contributed by atoms with van der Waals surface area (Å²) in [6, 6.07) is 48.6. The van der Waals surface area contributed by atoms with E-state index in [-0.39, 0.29) is 5.37 Å². The van der Waals surface area contributed by atoms with Crippen molar-refractivity contribution in [2.45, 2.75) is 10.3 Å². The van der Waals surface area contributed by atoms with Gasteiger partial charge in [0.15, 0.2) is 0 Å². The topological polar surface area (TPSA) is 17.0 Å². The number of nitrogens with one attached hydrogen (secondary N) is 1. The van der Waals surface area contributed by atoms with Gasteiger partial charge in [0, 0.05) is 41.5 Å². The molecule has 3 heterocycles. The van der Waals surface area contributed by atoms with E-state index in [2.05, 4.69) is 143 Å². The third-order valence-corrected chi connectivity index (χ3v) is 10.6. The lowest BCUT2D eigenvalue weighted by Crippen LogP contribution is -2.02. The fraction of sp³-hybridized carbons (Fsp3) is 0.0270. The molecule has 0 spiro atoms. The predicted molar refractivity (Wildman–Crippen MR) is 178 cm³/mol. The van der Waals surface area contributed by atoms with Crippen molar-refractivity contribution in [3.63, 3.8) is 0 Å². The molecule has 0 radical (unpaired) electrons. The summed E-state index contributed by atoms with van der Waals surface area (Å²) < 4.78 is 5.09. The van der Waals surface area contributed by atoms with Gasteiger partial charge in [-0.15, -0.1) is 11.3 Å². The molecule has 4 heteroatoms. The number of hydrogen-bond donors (Lipinski definition) is 1. The van der Waals surface area contributed by atoms with Crippen LogP contribution in [0.25, 0.3) is 58.8 Å². The summed E-state index contributed by atoms with van der Waals surface area (Å²) in [5.74, 6) is 0. The number of aromatic nitrogens is 1. The van der Waals surface area contributed by atoms with E-state index in [0.717, 1.165) is 0 Å². The Hall–Kier alpha value is -4.51. The minimum absolute atomic E-state index is 0.190. The predicted octanol–water partition coefficient (Wildman–Crippen LogP) is 11.0. The number of rotatable bonds is 3. The second kappa shape index (κ2) is 9.00. The maximum Gasteiger partial charge on any atom is 0.103 e. The Morgan fingerprint density at radius 3 is 2.20 bits per heavy atom. The van der Waals surface area contributed by atoms with Crippen molar-refractivity contribution in [2.24, 2.45) is 0 Å². The standard InChI is InChI=1S/C37H24N2S2/c1-2-8-23(9-3-1)25-16-19-31-29(22-25)27-10-4-6-12-30(27)39(31)26-17-14-24(15-18-26)37-38-36-34(41-37)21-20-33-35(36)28-11-5-7-13-32(28)40-33/h1-22,37-38H. The molecule has 0 bridgehead atoms. The lowest BCUT2D eigenvalue weighted by Gasteiger charge is -2.13. The van der Waals surface area contributed by atoms with Crippen LogP contribution in [0.15, 0.2) is 138 Å². The molecule has 0 fully saturated rings. The smallest absolute Gasteiger partial charge is 0.103 e. The van der Waals surface area contributed by atoms with Crippen LogP contribution in [0.4, 0.5) is 5.69 Å². The lowest BCUT2D eigenvalue weighted by atomic mass is 10.0. The van der Waals surface area contributed by atoms with Gasteiger partial charge in [-0.05, 0) is 65.2 Å². The van der Waals surface area contributed by atoms with E-state index >= 15 is 0 Å². The average Bonchev–Trinajstić information content (AvgIpc) is 3.73. The van der Waals surface area contributed by atoms with Crippen LogP contribution >= 0.6 is 23.1 Å². The second-order valence-corrected chi connectivity index (χ2v) is 12.8. The SMILES string of the molecule is c1ccc(-c2ccc3c(c2)c2ccccc2n3-c2ccc(C3Nc4c(ccc5sc6ccccc6c45)S3)cc2)cc1. The van der Waals surface area contributed by atoms with Crippen molar-refractivity contribution in [2.75, 3.05) is 5.32 Å². The Labute approximate surface area is 245 Å². The quantitative estimate of drug-likeness (QED) is 0.231. The first-order valence-corrected chi connectivity index (χ1v) is 15.6. The number of anilines is 1. The maximum atomic E-state index is 3.87. The Bertz CT molecular complexity index is 2260. The molecule has 1 N–H and O–H groups in total. The highest BCUT2D eigenvalue weighted by molar-refractivity contribution is 8.00. The zero-order chi connectivity index (χ0) is 26.9. The number of thioether (sulfide) groups is 1. The molecule has 6 aromatic carbocycles. The number of nitrogens with zero attached hydrogens (tertiary/aromatic N) is 1. The van der Waals surface area contributed by atoms with Crippen LogP contribution in [0.5, 0.6) is 0 Å². The zero-order valence-electron chi connectivity index (χ0n) is 22.0. The van der Waals surface area contributed by atoms with Crippen molar-refractivity contribution < 1.29 is 0 Å². The van der Waals surface area contributed by atoms with E-state index in [1.165, 1.54) is 74.9 Å². The van der Waals surface area contributed by atoms with Gasteiger partial charge in [-0.2, -0.15) is 0 Å². The maximum absolute atomic E-state index is 3.87. The molecule has 0 saturated heterocycles. The molecule has 1 unspecified atom stereocenters. The molecule has 8 aromatic rings. The van der Waals surface area contributed by atoms with Gasteiger partial charge in [0.05, 0.1) is 16.7 Å². The molecule has 1 atom stereocenters.